The molecule has 1 aromatic heterocycles. The van der Waals surface area contributed by atoms with Crippen molar-refractivity contribution in [1.29, 1.82) is 0 Å². The molecule has 1 amide bonds. The number of amides is 1. The predicted molar refractivity (Wildman–Crippen MR) is 76.0 cm³/mol. The second kappa shape index (κ2) is 5.28. The highest BCUT2D eigenvalue weighted by Crippen LogP contribution is 2.25. The molecule has 0 aliphatic carbocycles. The molecule has 0 saturated carbocycles. The third-order valence-electron chi connectivity index (χ3n) is 3.31. The number of nitrogens with zero attached hydrogens (tertiary/aromatic N) is 1. The SMILES string of the molecule is Cc1cc(C(N)CC(N)=O)c(C)n1-c1ccccc1. The molecule has 4 heteroatoms. The molecule has 1 heterocycles. The van der Waals surface area contributed by atoms with E-state index in [1.807, 2.05) is 50.2 Å². The van der Waals surface area contributed by atoms with Crippen molar-refractivity contribution in [3.63, 3.8) is 0 Å². The van der Waals surface area contributed by atoms with Crippen LogP contribution in [-0.2, 0) is 4.79 Å². The lowest BCUT2D eigenvalue weighted by Crippen LogP contribution is -2.21. The van der Waals surface area contributed by atoms with Gasteiger partial charge >= 0.3 is 0 Å². The summed E-state index contributed by atoms with van der Waals surface area (Å²) < 4.78 is 2.14. The van der Waals surface area contributed by atoms with Crippen LogP contribution in [0.25, 0.3) is 5.69 Å². The zero-order valence-electron chi connectivity index (χ0n) is 11.3. The number of para-hydroxylation sites is 1. The smallest absolute Gasteiger partial charge is 0.219 e. The van der Waals surface area contributed by atoms with Crippen LogP contribution < -0.4 is 11.5 Å². The number of aryl methyl sites for hydroxylation is 1. The topological polar surface area (TPSA) is 74.0 Å². The number of rotatable bonds is 4. The van der Waals surface area contributed by atoms with Crippen molar-refractivity contribution >= 4 is 5.91 Å². The standard InChI is InChI=1S/C15H19N3O/c1-10-8-13(14(16)9-15(17)19)11(2)18(10)12-6-4-3-5-7-12/h3-8,14H,9,16H2,1-2H3,(H2,17,19). The summed E-state index contributed by atoms with van der Waals surface area (Å²) in [4.78, 5) is 11.0. The average molecular weight is 257 g/mol. The summed E-state index contributed by atoms with van der Waals surface area (Å²) in [7, 11) is 0. The van der Waals surface area contributed by atoms with Crippen molar-refractivity contribution < 1.29 is 4.79 Å². The van der Waals surface area contributed by atoms with Crippen LogP contribution in [0.3, 0.4) is 0 Å². The fourth-order valence-electron chi connectivity index (χ4n) is 2.46. The molecular formula is C15H19N3O. The molecule has 4 nitrogen and oxygen atoms in total. The molecule has 0 aliphatic heterocycles. The Bertz CT molecular complexity index is 587. The molecule has 0 bridgehead atoms. The molecule has 4 N–H and O–H groups in total. The predicted octanol–water partition coefficient (Wildman–Crippen LogP) is 1.97. The van der Waals surface area contributed by atoms with Crippen molar-refractivity contribution in [1.82, 2.24) is 4.57 Å². The Morgan fingerprint density at radius 1 is 1.26 bits per heavy atom. The number of aromatic nitrogens is 1. The fourth-order valence-corrected chi connectivity index (χ4v) is 2.46. The van der Waals surface area contributed by atoms with Crippen LogP contribution in [-0.4, -0.2) is 10.5 Å². The van der Waals surface area contributed by atoms with E-state index in [1.54, 1.807) is 0 Å². The van der Waals surface area contributed by atoms with E-state index in [4.69, 9.17) is 11.5 Å². The van der Waals surface area contributed by atoms with Crippen molar-refractivity contribution in [2.45, 2.75) is 26.3 Å². The fraction of sp³-hybridized carbons (Fsp3) is 0.267. The lowest BCUT2D eigenvalue weighted by Gasteiger charge is -2.12. The monoisotopic (exact) mass is 257 g/mol. The maximum Gasteiger partial charge on any atom is 0.219 e. The lowest BCUT2D eigenvalue weighted by atomic mass is 10.1. The maximum absolute atomic E-state index is 11.0. The summed E-state index contributed by atoms with van der Waals surface area (Å²) in [5.41, 5.74) is 15.5. The van der Waals surface area contributed by atoms with Gasteiger partial charge in [0.1, 0.15) is 0 Å². The van der Waals surface area contributed by atoms with E-state index in [0.29, 0.717) is 0 Å². The van der Waals surface area contributed by atoms with Gasteiger partial charge in [0.05, 0.1) is 0 Å². The Morgan fingerprint density at radius 3 is 2.47 bits per heavy atom. The molecule has 0 spiro atoms. The van der Waals surface area contributed by atoms with Gasteiger partial charge < -0.3 is 16.0 Å². The number of carbonyl (C=O) groups is 1. The summed E-state index contributed by atoms with van der Waals surface area (Å²) in [5, 5.41) is 0. The molecule has 0 aliphatic rings. The van der Waals surface area contributed by atoms with Crippen LogP contribution in [0.4, 0.5) is 0 Å². The molecule has 2 aromatic rings. The molecule has 0 radical (unpaired) electrons. The van der Waals surface area contributed by atoms with E-state index >= 15 is 0 Å². The van der Waals surface area contributed by atoms with Gasteiger partial charge in [-0.2, -0.15) is 0 Å². The van der Waals surface area contributed by atoms with Gasteiger partial charge in [-0.15, -0.1) is 0 Å². The van der Waals surface area contributed by atoms with Gasteiger partial charge in [0.25, 0.3) is 0 Å². The first-order valence-electron chi connectivity index (χ1n) is 6.29. The quantitative estimate of drug-likeness (QED) is 0.878. The van der Waals surface area contributed by atoms with Crippen LogP contribution in [0, 0.1) is 13.8 Å². The van der Waals surface area contributed by atoms with Crippen LogP contribution in [0.15, 0.2) is 36.4 Å². The zero-order valence-corrected chi connectivity index (χ0v) is 11.3. The summed E-state index contributed by atoms with van der Waals surface area (Å²) in [6, 6.07) is 11.7. The van der Waals surface area contributed by atoms with Crippen LogP contribution in [0.5, 0.6) is 0 Å². The van der Waals surface area contributed by atoms with Gasteiger partial charge in [0, 0.05) is 29.5 Å². The number of hydrogen-bond donors (Lipinski definition) is 2. The average Bonchev–Trinajstić information content (AvgIpc) is 2.65. The first-order chi connectivity index (χ1) is 9.00. The van der Waals surface area contributed by atoms with E-state index in [-0.39, 0.29) is 18.4 Å². The number of carbonyl (C=O) groups excluding carboxylic acids is 1. The number of hydrogen-bond acceptors (Lipinski definition) is 2. The minimum atomic E-state index is -0.378. The van der Waals surface area contributed by atoms with E-state index in [0.717, 1.165) is 22.6 Å². The van der Waals surface area contributed by atoms with E-state index < -0.39 is 0 Å². The van der Waals surface area contributed by atoms with Crippen molar-refractivity contribution in [3.05, 3.63) is 53.3 Å². The van der Waals surface area contributed by atoms with Crippen molar-refractivity contribution in [2.24, 2.45) is 11.5 Å². The lowest BCUT2D eigenvalue weighted by molar-refractivity contribution is -0.118. The molecule has 0 fully saturated rings. The Morgan fingerprint density at radius 2 is 1.89 bits per heavy atom. The molecule has 1 unspecified atom stereocenters. The molecule has 0 saturated heterocycles. The molecule has 2 rings (SSSR count). The summed E-state index contributed by atoms with van der Waals surface area (Å²) in [6.07, 6.45) is 0.166. The molecule has 19 heavy (non-hydrogen) atoms. The summed E-state index contributed by atoms with van der Waals surface area (Å²) in [6.45, 7) is 4.04. The van der Waals surface area contributed by atoms with Crippen LogP contribution in [0.1, 0.15) is 29.4 Å². The first-order valence-corrected chi connectivity index (χ1v) is 6.29. The number of benzene rings is 1. The second-order valence-corrected chi connectivity index (χ2v) is 4.77. The van der Waals surface area contributed by atoms with Crippen LogP contribution >= 0.6 is 0 Å². The minimum absolute atomic E-state index is 0.166. The maximum atomic E-state index is 11.0. The van der Waals surface area contributed by atoms with Gasteiger partial charge in [-0.25, -0.2) is 0 Å². The highest BCUT2D eigenvalue weighted by Gasteiger charge is 2.17. The van der Waals surface area contributed by atoms with E-state index in [9.17, 15) is 4.79 Å². The largest absolute Gasteiger partial charge is 0.370 e. The normalized spacial score (nSPS) is 12.4. The Kier molecular flexibility index (Phi) is 3.71. The molecule has 1 atom stereocenters. The molecule has 100 valence electrons. The summed E-state index contributed by atoms with van der Waals surface area (Å²) in [5.74, 6) is -0.378. The Balaban J connectivity index is 2.43. The van der Waals surface area contributed by atoms with E-state index in [2.05, 4.69) is 4.57 Å². The van der Waals surface area contributed by atoms with Gasteiger partial charge in [0.2, 0.25) is 5.91 Å². The van der Waals surface area contributed by atoms with E-state index in [1.165, 1.54) is 0 Å². The van der Waals surface area contributed by atoms with Gasteiger partial charge in [-0.3, -0.25) is 4.79 Å². The third-order valence-corrected chi connectivity index (χ3v) is 3.31. The first kappa shape index (κ1) is 13.4. The van der Waals surface area contributed by atoms with Gasteiger partial charge in [-0.05, 0) is 37.6 Å². The summed E-state index contributed by atoms with van der Waals surface area (Å²) >= 11 is 0. The highest BCUT2D eigenvalue weighted by atomic mass is 16.1. The van der Waals surface area contributed by atoms with Crippen molar-refractivity contribution in [2.75, 3.05) is 0 Å². The van der Waals surface area contributed by atoms with Crippen LogP contribution in [0.2, 0.25) is 0 Å². The number of primary amides is 1. The van der Waals surface area contributed by atoms with Gasteiger partial charge in [-0.1, -0.05) is 18.2 Å². The minimum Gasteiger partial charge on any atom is -0.370 e. The molecule has 1 aromatic carbocycles. The third kappa shape index (κ3) is 2.69. The Labute approximate surface area is 113 Å². The van der Waals surface area contributed by atoms with Gasteiger partial charge in [0.15, 0.2) is 0 Å². The highest BCUT2D eigenvalue weighted by molar-refractivity contribution is 5.74. The Hall–Kier alpha value is -2.07. The number of nitrogens with two attached hydrogens (primary N) is 2. The zero-order chi connectivity index (χ0) is 14.0. The van der Waals surface area contributed by atoms with Crippen molar-refractivity contribution in [3.8, 4) is 5.69 Å². The molecular weight excluding hydrogens is 238 g/mol. The second-order valence-electron chi connectivity index (χ2n) is 4.77.